The number of esters is 2. The molecule has 6 rings (SSSR count). The van der Waals surface area contributed by atoms with Crippen molar-refractivity contribution in [1.82, 2.24) is 0 Å². The number of ether oxygens (including phenoxy) is 2. The molecule has 1 saturated carbocycles. The van der Waals surface area contributed by atoms with Gasteiger partial charge < -0.3 is 31.6 Å². The summed E-state index contributed by atoms with van der Waals surface area (Å²) in [6, 6.07) is 32.3. The van der Waals surface area contributed by atoms with Gasteiger partial charge in [0.1, 0.15) is 42.5 Å². The van der Waals surface area contributed by atoms with Crippen LogP contribution in [0.1, 0.15) is 85.5 Å². The molecule has 1 unspecified atom stereocenters. The van der Waals surface area contributed by atoms with E-state index in [1.54, 1.807) is 0 Å². The summed E-state index contributed by atoms with van der Waals surface area (Å²) in [6.07, 6.45) is 12.6. The molecule has 0 radical (unpaired) electrons. The molecule has 5 atom stereocenters. The van der Waals surface area contributed by atoms with Gasteiger partial charge in [0.25, 0.3) is 0 Å². The van der Waals surface area contributed by atoms with E-state index in [1.165, 1.54) is 27.1 Å². The van der Waals surface area contributed by atoms with Gasteiger partial charge in [-0.05, 0) is 117 Å². The van der Waals surface area contributed by atoms with Crippen molar-refractivity contribution in [2.45, 2.75) is 91.6 Å². The summed E-state index contributed by atoms with van der Waals surface area (Å²) in [6.45, 7) is 8.67. The van der Waals surface area contributed by atoms with Gasteiger partial charge in [-0.25, -0.2) is 0 Å². The lowest BCUT2D eigenvalue weighted by atomic mass is 9.47. The number of halogens is 1. The number of aliphatic hydroxyl groups excluding tert-OH is 1. The number of rotatable bonds is 14. The largest absolute Gasteiger partial charge is 1.00 e. The van der Waals surface area contributed by atoms with Crippen molar-refractivity contribution in [3.8, 4) is 0 Å². The van der Waals surface area contributed by atoms with Crippen LogP contribution in [-0.2, 0) is 19.1 Å². The SMILES string of the molecule is CC(C)C1=CC2=CC[C@@H]3[C@](C)(CCC[C@@]3(C)C(=O)OCC(O)COC(=O)CCCC[P+](c3ccccc3)(c3ccccc3)c3ccccc3)[C@H]2CC1.[Br-]. The highest BCUT2D eigenvalue weighted by atomic mass is 79.9. The Kier molecular flexibility index (Phi) is 14.0. The highest BCUT2D eigenvalue weighted by Gasteiger charge is 2.57. The lowest BCUT2D eigenvalue weighted by Gasteiger charge is -2.57. The Morgan fingerprint density at radius 2 is 1.40 bits per heavy atom. The first-order valence-corrected chi connectivity index (χ1v) is 21.5. The van der Waals surface area contributed by atoms with E-state index in [9.17, 15) is 14.7 Å². The maximum absolute atomic E-state index is 13.8. The van der Waals surface area contributed by atoms with E-state index in [0.717, 1.165) is 51.1 Å². The first-order chi connectivity index (χ1) is 25.1. The summed E-state index contributed by atoms with van der Waals surface area (Å²) < 4.78 is 11.3. The molecule has 3 aromatic rings. The molecule has 1 N–H and O–H groups in total. The monoisotopic (exact) mass is 800 g/mol. The van der Waals surface area contributed by atoms with Crippen LogP contribution in [0.4, 0.5) is 0 Å². The number of fused-ring (bicyclic) bond motifs is 3. The lowest BCUT2D eigenvalue weighted by molar-refractivity contribution is -0.173. The Bertz CT molecular complexity index is 1630. The highest BCUT2D eigenvalue weighted by Crippen LogP contribution is 2.62. The van der Waals surface area contributed by atoms with E-state index >= 15 is 0 Å². The minimum Gasteiger partial charge on any atom is -1.00 e. The molecule has 284 valence electrons. The molecule has 0 heterocycles. The molecule has 0 aliphatic heterocycles. The fourth-order valence-corrected chi connectivity index (χ4v) is 14.1. The van der Waals surface area contributed by atoms with Gasteiger partial charge in [-0.15, -0.1) is 0 Å². The number of allylic oxidation sites excluding steroid dienone is 4. The summed E-state index contributed by atoms with van der Waals surface area (Å²) in [5.74, 6) is 0.665. The second-order valence-electron chi connectivity index (χ2n) is 16.2. The lowest BCUT2D eigenvalue weighted by Crippen LogP contribution is -3.00. The minimum atomic E-state index is -1.95. The molecular formula is C46H58BrO5P. The van der Waals surface area contributed by atoms with Crippen LogP contribution in [0.3, 0.4) is 0 Å². The van der Waals surface area contributed by atoms with E-state index in [4.69, 9.17) is 9.47 Å². The third-order valence-electron chi connectivity index (χ3n) is 12.6. The van der Waals surface area contributed by atoms with Crippen molar-refractivity contribution < 1.29 is 41.2 Å². The van der Waals surface area contributed by atoms with E-state index in [1.807, 2.05) is 0 Å². The summed E-state index contributed by atoms with van der Waals surface area (Å²) >= 11 is 0. The highest BCUT2D eigenvalue weighted by molar-refractivity contribution is 7.95. The molecule has 3 aliphatic carbocycles. The second-order valence-corrected chi connectivity index (χ2v) is 19.8. The summed E-state index contributed by atoms with van der Waals surface area (Å²) in [5, 5.41) is 14.7. The third-order valence-corrected chi connectivity index (χ3v) is 17.1. The Balaban J connectivity index is 0.00000541. The maximum Gasteiger partial charge on any atom is 0.312 e. The molecule has 3 aromatic carbocycles. The van der Waals surface area contributed by atoms with E-state index < -0.39 is 18.8 Å². The molecule has 0 amide bonds. The zero-order valence-corrected chi connectivity index (χ0v) is 34.5. The van der Waals surface area contributed by atoms with Crippen molar-refractivity contribution in [3.05, 3.63) is 114 Å². The first-order valence-electron chi connectivity index (χ1n) is 19.5. The molecule has 1 fully saturated rings. The third kappa shape index (κ3) is 8.77. The molecule has 0 spiro atoms. The van der Waals surface area contributed by atoms with Crippen LogP contribution in [-0.4, -0.2) is 42.5 Å². The predicted molar refractivity (Wildman–Crippen MR) is 214 cm³/mol. The van der Waals surface area contributed by atoms with Gasteiger partial charge in [0.15, 0.2) is 0 Å². The van der Waals surface area contributed by atoms with Crippen LogP contribution in [0.2, 0.25) is 0 Å². The van der Waals surface area contributed by atoms with Crippen LogP contribution in [0.25, 0.3) is 0 Å². The van der Waals surface area contributed by atoms with Crippen LogP contribution in [0.15, 0.2) is 114 Å². The Morgan fingerprint density at radius 1 is 0.830 bits per heavy atom. The van der Waals surface area contributed by atoms with E-state index in [2.05, 4.69) is 131 Å². The van der Waals surface area contributed by atoms with Crippen LogP contribution in [0, 0.1) is 28.6 Å². The number of hydrogen-bond acceptors (Lipinski definition) is 5. The average molecular weight is 802 g/mol. The van der Waals surface area contributed by atoms with Gasteiger partial charge in [0, 0.05) is 6.42 Å². The Labute approximate surface area is 328 Å². The van der Waals surface area contributed by atoms with Gasteiger partial charge in [-0.1, -0.05) is 99.5 Å². The average Bonchev–Trinajstić information content (AvgIpc) is 3.17. The Morgan fingerprint density at radius 3 is 1.96 bits per heavy atom. The van der Waals surface area contributed by atoms with Crippen molar-refractivity contribution >= 4 is 35.1 Å². The predicted octanol–water partition coefficient (Wildman–Crippen LogP) is 5.74. The first kappa shape index (κ1) is 41.1. The fourth-order valence-electron chi connectivity index (χ4n) is 9.74. The number of benzene rings is 3. The Hall–Kier alpha value is -3.05. The molecule has 0 bridgehead atoms. The van der Waals surface area contributed by atoms with Gasteiger partial charge in [-0.3, -0.25) is 9.59 Å². The van der Waals surface area contributed by atoms with Gasteiger partial charge >= 0.3 is 11.9 Å². The number of aliphatic hydroxyl groups is 1. The van der Waals surface area contributed by atoms with Crippen LogP contribution >= 0.6 is 7.26 Å². The zero-order chi connectivity index (χ0) is 36.8. The van der Waals surface area contributed by atoms with Crippen LogP contribution < -0.4 is 32.9 Å². The molecule has 5 nitrogen and oxygen atoms in total. The van der Waals surface area contributed by atoms with E-state index in [0.29, 0.717) is 18.3 Å². The molecule has 53 heavy (non-hydrogen) atoms. The summed E-state index contributed by atoms with van der Waals surface area (Å²) in [7, 11) is -1.95. The standard InChI is InChI=1S/C46H58O5P.BrH/c1-34(2)35-24-26-41-36(31-35)25-27-42-45(41,3)28-16-29-46(42,4)44(49)51-33-37(47)32-50-43(48)23-14-15-30-52(38-17-8-5-9-18-38,39-19-10-6-11-20-39)40-21-12-7-13-22-40;/h5-13,17-22,25,31,34,37,41-42,47H,14-16,23-24,26-30,32-33H2,1-4H3;1H/q+1;/p-1/t37?,41-,42+,45+,46+;/m0./s1. The van der Waals surface area contributed by atoms with Gasteiger partial charge in [0.2, 0.25) is 0 Å². The number of carbonyl (C=O) groups is 2. The normalized spacial score (nSPS) is 24.4. The molecule has 3 aliphatic rings. The van der Waals surface area contributed by atoms with Gasteiger partial charge in [-0.2, -0.15) is 0 Å². The molecule has 0 aromatic heterocycles. The number of unbranched alkanes of at least 4 members (excludes halogenated alkanes) is 1. The molecule has 0 saturated heterocycles. The van der Waals surface area contributed by atoms with Gasteiger partial charge in [0.05, 0.1) is 11.6 Å². The number of carbonyl (C=O) groups excluding carboxylic acids is 2. The van der Waals surface area contributed by atoms with Crippen molar-refractivity contribution in [1.29, 1.82) is 0 Å². The van der Waals surface area contributed by atoms with Crippen LogP contribution in [0.5, 0.6) is 0 Å². The van der Waals surface area contributed by atoms with E-state index in [-0.39, 0.29) is 59.9 Å². The van der Waals surface area contributed by atoms with Crippen molar-refractivity contribution in [2.24, 2.45) is 28.6 Å². The molecular weight excluding hydrogens is 743 g/mol. The smallest absolute Gasteiger partial charge is 0.312 e. The summed E-state index contributed by atoms with van der Waals surface area (Å²) in [5.41, 5.74) is 2.45. The van der Waals surface area contributed by atoms with Crippen molar-refractivity contribution in [3.63, 3.8) is 0 Å². The minimum absolute atomic E-state index is 0. The second kappa shape index (κ2) is 18.1. The number of hydrogen-bond donors (Lipinski definition) is 1. The summed E-state index contributed by atoms with van der Waals surface area (Å²) in [4.78, 5) is 26.6. The fraction of sp³-hybridized carbons (Fsp3) is 0.478. The zero-order valence-electron chi connectivity index (χ0n) is 32.0. The topological polar surface area (TPSA) is 72.8 Å². The quantitative estimate of drug-likeness (QED) is 0.128. The maximum atomic E-state index is 13.8. The van der Waals surface area contributed by atoms with Crippen molar-refractivity contribution in [2.75, 3.05) is 19.4 Å². The molecule has 7 heteroatoms.